The Balaban J connectivity index is -0.000000164. The molecular formula is C44H82. The van der Waals surface area contributed by atoms with Crippen LogP contribution in [-0.4, -0.2) is 0 Å². The first-order chi connectivity index (χ1) is 19.9. The Labute approximate surface area is 280 Å². The number of hydrogen-bond donors (Lipinski definition) is 0. The highest BCUT2D eigenvalue weighted by atomic mass is 14.3. The van der Waals surface area contributed by atoms with Crippen LogP contribution >= 0.6 is 0 Å². The largest absolute Gasteiger partial charge is 0.0776 e. The third kappa shape index (κ3) is 12.7. The van der Waals surface area contributed by atoms with Gasteiger partial charge in [0.1, 0.15) is 0 Å². The lowest BCUT2D eigenvalue weighted by Gasteiger charge is -2.13. The van der Waals surface area contributed by atoms with Crippen LogP contribution in [-0.2, 0) is 51.4 Å². The van der Waals surface area contributed by atoms with E-state index in [0.29, 0.717) is 0 Å². The number of rotatable bonds is 0. The summed E-state index contributed by atoms with van der Waals surface area (Å²) in [6.07, 6.45) is 16.1. The van der Waals surface area contributed by atoms with Gasteiger partial charge in [0, 0.05) is 0 Å². The summed E-state index contributed by atoms with van der Waals surface area (Å²) in [6.45, 7) is 24.0. The summed E-state index contributed by atoms with van der Waals surface area (Å²) in [5, 5.41) is 3.10. The number of fused-ring (bicyclic) bond motifs is 8. The highest BCUT2D eigenvalue weighted by molar-refractivity contribution is 5.92. The molecule has 4 aliphatic rings. The minimum atomic E-state index is 0. The van der Waals surface area contributed by atoms with Crippen LogP contribution in [0.25, 0.3) is 10.8 Å². The summed E-state index contributed by atoms with van der Waals surface area (Å²) in [6, 6.07) is 14.0. The molecule has 0 bridgehead atoms. The van der Waals surface area contributed by atoms with Gasteiger partial charge in [-0.25, -0.2) is 0 Å². The van der Waals surface area contributed by atoms with E-state index in [-0.39, 0.29) is 29.7 Å². The van der Waals surface area contributed by atoms with Crippen LogP contribution < -0.4 is 0 Å². The molecule has 0 nitrogen and oxygen atoms in total. The molecular weight excluding hydrogens is 528 g/mol. The van der Waals surface area contributed by atoms with Gasteiger partial charge in [-0.1, -0.05) is 149 Å². The fourth-order valence-electron chi connectivity index (χ4n) is 6.42. The van der Waals surface area contributed by atoms with Gasteiger partial charge in [0.2, 0.25) is 0 Å². The number of aryl methyl sites for hydroxylation is 6. The smallest absolute Gasteiger partial charge is 0.0146 e. The zero-order valence-electron chi connectivity index (χ0n) is 28.9. The summed E-state index contributed by atoms with van der Waals surface area (Å²) >= 11 is 0. The van der Waals surface area contributed by atoms with E-state index < -0.39 is 0 Å². The molecule has 3 aromatic carbocycles. The van der Waals surface area contributed by atoms with Crippen LogP contribution in [0.1, 0.15) is 183 Å². The Bertz CT molecular complexity index is 957. The molecule has 0 spiro atoms. The van der Waals surface area contributed by atoms with Crippen LogP contribution in [0, 0.1) is 0 Å². The molecule has 0 aromatic heterocycles. The number of hydrogen-bond acceptors (Lipinski definition) is 0. The van der Waals surface area contributed by atoms with Gasteiger partial charge in [-0.15, -0.1) is 0 Å². The van der Waals surface area contributed by atoms with Crippen molar-refractivity contribution in [3.05, 3.63) is 80.9 Å². The van der Waals surface area contributed by atoms with Crippen molar-refractivity contribution >= 4 is 10.8 Å². The van der Waals surface area contributed by atoms with Crippen LogP contribution in [0.2, 0.25) is 0 Å². The third-order valence-corrected chi connectivity index (χ3v) is 7.68. The Morgan fingerprint density at radius 2 is 0.545 bits per heavy atom. The van der Waals surface area contributed by atoms with E-state index in [1.165, 1.54) is 77.0 Å². The van der Waals surface area contributed by atoms with Crippen LogP contribution in [0.4, 0.5) is 0 Å². The first-order valence-corrected chi connectivity index (χ1v) is 17.6. The monoisotopic (exact) mass is 611 g/mol. The SMILES string of the molecule is C.C.C.C.CC.CC.CC.CC.CC.CC.c1c2c(cc3c1CCC3)CCC2.c1ccc2c3c(c4c(c2c1)CCC4)CCC3. The fraction of sp³-hybridized carbons (Fsp3) is 0.636. The molecule has 0 heteroatoms. The fourth-order valence-corrected chi connectivity index (χ4v) is 6.42. The summed E-state index contributed by atoms with van der Waals surface area (Å²) in [5.41, 5.74) is 13.4. The van der Waals surface area contributed by atoms with Gasteiger partial charge >= 0.3 is 0 Å². The molecule has 4 aliphatic carbocycles. The maximum Gasteiger partial charge on any atom is -0.0146 e. The second-order valence-electron chi connectivity index (χ2n) is 9.26. The highest BCUT2D eigenvalue weighted by Crippen LogP contribution is 2.40. The van der Waals surface area contributed by atoms with Gasteiger partial charge in [-0.05, 0) is 132 Å². The van der Waals surface area contributed by atoms with E-state index in [2.05, 4.69) is 36.4 Å². The second kappa shape index (κ2) is 30.9. The average molecular weight is 611 g/mol. The van der Waals surface area contributed by atoms with E-state index in [9.17, 15) is 0 Å². The number of benzene rings is 3. The quantitative estimate of drug-likeness (QED) is 0.237. The molecule has 0 heterocycles. The predicted molar refractivity (Wildman–Crippen MR) is 214 cm³/mol. The van der Waals surface area contributed by atoms with Gasteiger partial charge in [-0.3, -0.25) is 0 Å². The molecule has 0 amide bonds. The summed E-state index contributed by atoms with van der Waals surface area (Å²) in [4.78, 5) is 0. The normalized spacial score (nSPS) is 12.5. The zero-order chi connectivity index (χ0) is 30.5. The Hall–Kier alpha value is -2.08. The molecule has 0 radical (unpaired) electrons. The zero-order valence-corrected chi connectivity index (χ0v) is 28.9. The van der Waals surface area contributed by atoms with Crippen LogP contribution in [0.15, 0.2) is 36.4 Å². The predicted octanol–water partition coefficient (Wildman–Crippen LogP) is 15.2. The molecule has 0 N–H and O–H groups in total. The van der Waals surface area contributed by atoms with E-state index >= 15 is 0 Å². The van der Waals surface area contributed by atoms with Gasteiger partial charge in [-0.2, -0.15) is 0 Å². The lowest BCUT2D eigenvalue weighted by molar-refractivity contribution is 0.889. The van der Waals surface area contributed by atoms with E-state index in [4.69, 9.17) is 0 Å². The minimum absolute atomic E-state index is 0. The summed E-state index contributed by atoms with van der Waals surface area (Å²) in [7, 11) is 0. The van der Waals surface area contributed by atoms with Gasteiger partial charge in [0.25, 0.3) is 0 Å². The lowest BCUT2D eigenvalue weighted by Crippen LogP contribution is -1.95. The molecule has 0 fully saturated rings. The molecule has 0 atom stereocenters. The molecule has 0 unspecified atom stereocenters. The molecule has 0 saturated carbocycles. The lowest BCUT2D eigenvalue weighted by atomic mass is 9.92. The van der Waals surface area contributed by atoms with Gasteiger partial charge in [0.05, 0.1) is 0 Å². The maximum absolute atomic E-state index is 2.48. The van der Waals surface area contributed by atoms with Crippen LogP contribution in [0.3, 0.4) is 0 Å². The minimum Gasteiger partial charge on any atom is -0.0776 e. The second-order valence-corrected chi connectivity index (χ2v) is 9.26. The topological polar surface area (TPSA) is 0 Å². The van der Waals surface area contributed by atoms with Gasteiger partial charge < -0.3 is 0 Å². The van der Waals surface area contributed by atoms with Crippen molar-refractivity contribution in [3.63, 3.8) is 0 Å². The molecule has 44 heavy (non-hydrogen) atoms. The Morgan fingerprint density at radius 1 is 0.318 bits per heavy atom. The van der Waals surface area contributed by atoms with Crippen LogP contribution in [0.5, 0.6) is 0 Å². The molecule has 3 aromatic rings. The van der Waals surface area contributed by atoms with Crippen molar-refractivity contribution < 1.29 is 0 Å². The molecule has 0 aliphatic heterocycles. The first kappa shape index (κ1) is 51.5. The third-order valence-electron chi connectivity index (χ3n) is 7.68. The summed E-state index contributed by atoms with van der Waals surface area (Å²) < 4.78 is 0. The molecule has 7 rings (SSSR count). The van der Waals surface area contributed by atoms with E-state index in [0.717, 1.165) is 0 Å². The van der Waals surface area contributed by atoms with Crippen molar-refractivity contribution in [2.24, 2.45) is 0 Å². The van der Waals surface area contributed by atoms with Crippen molar-refractivity contribution in [1.82, 2.24) is 0 Å². The Kier molecular flexibility index (Phi) is 36.2. The first-order valence-electron chi connectivity index (χ1n) is 17.6. The molecule has 0 saturated heterocycles. The Morgan fingerprint density at radius 3 is 0.818 bits per heavy atom. The van der Waals surface area contributed by atoms with Crippen molar-refractivity contribution in [2.45, 2.75) is 190 Å². The van der Waals surface area contributed by atoms with E-state index in [1.807, 2.05) is 83.1 Å². The van der Waals surface area contributed by atoms with Crippen molar-refractivity contribution in [3.8, 4) is 0 Å². The highest BCUT2D eigenvalue weighted by Gasteiger charge is 2.24. The average Bonchev–Trinajstić information content (AvgIpc) is 3.89. The van der Waals surface area contributed by atoms with E-state index in [1.54, 1.807) is 55.3 Å². The van der Waals surface area contributed by atoms with Gasteiger partial charge in [0.15, 0.2) is 0 Å². The summed E-state index contributed by atoms with van der Waals surface area (Å²) in [5.74, 6) is 0. The standard InChI is InChI=1S/C16H16.C12H14.6C2H6.4CH4/c1-2-6-12-11(5-1)13-7-3-9-15(13)16-10-4-8-14(12)16;1-3-9-7-11-5-2-6-12(11)8-10(9)4-1;6*1-2;;;;/h1-2,5-6H,3-4,7-10H2;7-8H,1-6H2;6*1-2H3;4*1H4. The molecule has 258 valence electrons. The maximum atomic E-state index is 2.48. The van der Waals surface area contributed by atoms with Crippen molar-refractivity contribution in [2.75, 3.05) is 0 Å². The van der Waals surface area contributed by atoms with Crippen molar-refractivity contribution in [1.29, 1.82) is 0 Å².